The zero-order valence-electron chi connectivity index (χ0n) is 9.70. The van der Waals surface area contributed by atoms with Gasteiger partial charge in [0.1, 0.15) is 12.3 Å². The summed E-state index contributed by atoms with van der Waals surface area (Å²) >= 11 is 0. The van der Waals surface area contributed by atoms with Crippen LogP contribution in [-0.2, 0) is 6.54 Å². The van der Waals surface area contributed by atoms with Crippen LogP contribution in [0.4, 0.5) is 5.82 Å². The van der Waals surface area contributed by atoms with E-state index in [1.54, 1.807) is 6.07 Å². The van der Waals surface area contributed by atoms with Crippen LogP contribution in [0.25, 0.3) is 0 Å². The molecule has 1 aromatic heterocycles. The van der Waals surface area contributed by atoms with Gasteiger partial charge in [-0.15, -0.1) is 0 Å². The lowest BCUT2D eigenvalue weighted by Gasteiger charge is -2.05. The summed E-state index contributed by atoms with van der Waals surface area (Å²) in [5, 5.41) is 12.4. The van der Waals surface area contributed by atoms with Crippen LogP contribution < -0.4 is 27.3 Å². The van der Waals surface area contributed by atoms with Crippen molar-refractivity contribution in [2.75, 3.05) is 5.73 Å². The average Bonchev–Trinajstić information content (AvgIpc) is 2.39. The first-order valence-electron chi connectivity index (χ1n) is 5.31. The Morgan fingerprint density at radius 2 is 1.78 bits per heavy atom. The molecular formula is C13H14BrN3O. The van der Waals surface area contributed by atoms with Crippen molar-refractivity contribution in [1.82, 2.24) is 0 Å². The molecule has 1 heterocycles. The number of halogens is 1. The first kappa shape index (κ1) is 14.2. The molecule has 0 saturated carbocycles. The smallest absolute Gasteiger partial charge is 0.272 e. The Bertz CT molecular complexity index is 529. The number of aromatic nitrogens is 1. The third-order valence-electron chi connectivity index (χ3n) is 2.52. The average molecular weight is 308 g/mol. The van der Waals surface area contributed by atoms with Gasteiger partial charge in [0.2, 0.25) is 0 Å². The molecule has 0 fully saturated rings. The monoisotopic (exact) mass is 307 g/mol. The molecule has 0 aliphatic carbocycles. The third kappa shape index (κ3) is 3.30. The van der Waals surface area contributed by atoms with Gasteiger partial charge in [-0.2, -0.15) is 0 Å². The number of rotatable bonds is 3. The molecular weight excluding hydrogens is 294 g/mol. The van der Waals surface area contributed by atoms with Crippen molar-refractivity contribution in [2.45, 2.75) is 6.54 Å². The highest BCUT2D eigenvalue weighted by atomic mass is 79.9. The van der Waals surface area contributed by atoms with Crippen molar-refractivity contribution in [3.05, 3.63) is 60.3 Å². The van der Waals surface area contributed by atoms with Crippen molar-refractivity contribution in [1.29, 1.82) is 0 Å². The van der Waals surface area contributed by atoms with E-state index in [0.29, 0.717) is 18.1 Å². The molecule has 0 aliphatic heterocycles. The second-order valence-electron chi connectivity index (χ2n) is 3.67. The largest absolute Gasteiger partial charge is 1.00 e. The fourth-order valence-corrected chi connectivity index (χ4v) is 1.61. The second-order valence-corrected chi connectivity index (χ2v) is 3.67. The highest BCUT2D eigenvalue weighted by Crippen LogP contribution is 2.02. The van der Waals surface area contributed by atoms with Gasteiger partial charge in [-0.05, 0) is 6.07 Å². The first-order valence-corrected chi connectivity index (χ1v) is 5.31. The van der Waals surface area contributed by atoms with Gasteiger partial charge in [0.25, 0.3) is 5.82 Å². The predicted molar refractivity (Wildman–Crippen MR) is 65.8 cm³/mol. The molecule has 5 heteroatoms. The van der Waals surface area contributed by atoms with Gasteiger partial charge in [-0.3, -0.25) is 5.73 Å². The van der Waals surface area contributed by atoms with Crippen molar-refractivity contribution in [3.8, 4) is 0 Å². The summed E-state index contributed by atoms with van der Waals surface area (Å²) in [4.78, 5) is 0. The van der Waals surface area contributed by atoms with E-state index in [2.05, 4.69) is 5.16 Å². The topological polar surface area (TPSA) is 62.5 Å². The Morgan fingerprint density at radius 1 is 1.11 bits per heavy atom. The van der Waals surface area contributed by atoms with Crippen LogP contribution in [-0.4, -0.2) is 10.9 Å². The Kier molecular flexibility index (Phi) is 5.32. The van der Waals surface area contributed by atoms with Gasteiger partial charge in [0.15, 0.2) is 0 Å². The molecule has 0 unspecified atom stereocenters. The lowest BCUT2D eigenvalue weighted by molar-refractivity contribution is -0.667. The van der Waals surface area contributed by atoms with Gasteiger partial charge >= 0.3 is 0 Å². The quantitative estimate of drug-likeness (QED) is 0.312. The summed E-state index contributed by atoms with van der Waals surface area (Å²) in [5.74, 6) is 0.629. The molecule has 4 nitrogen and oxygen atoms in total. The highest BCUT2D eigenvalue weighted by Gasteiger charge is 2.10. The van der Waals surface area contributed by atoms with Crippen LogP contribution in [0.15, 0.2) is 59.9 Å². The number of benzene rings is 1. The maximum absolute atomic E-state index is 9.07. The molecule has 0 saturated heterocycles. The van der Waals surface area contributed by atoms with Gasteiger partial charge in [-0.25, -0.2) is 4.57 Å². The number of hydrogen-bond donors (Lipinski definition) is 2. The fourth-order valence-electron chi connectivity index (χ4n) is 1.61. The minimum absolute atomic E-state index is 0. The predicted octanol–water partition coefficient (Wildman–Crippen LogP) is -1.56. The van der Waals surface area contributed by atoms with Crippen LogP contribution >= 0.6 is 0 Å². The molecule has 0 radical (unpaired) electrons. The SMILES string of the molecule is Nc1cccc[n+]1CC(=NO)c1ccccc1.[Br-]. The van der Waals surface area contributed by atoms with E-state index in [-0.39, 0.29) is 17.0 Å². The molecule has 18 heavy (non-hydrogen) atoms. The standard InChI is InChI=1S/C13H13N3O.BrH/c14-13-8-4-5-9-16(13)10-12(15-17)11-6-2-1-3-7-11;/h1-9,14,17H,10H2;1H. The molecule has 2 aromatic rings. The molecule has 0 atom stereocenters. The molecule has 1 aromatic carbocycles. The Labute approximate surface area is 116 Å². The van der Waals surface area contributed by atoms with Crippen LogP contribution in [0.1, 0.15) is 5.56 Å². The number of nitrogens with zero attached hydrogens (tertiary/aromatic N) is 2. The van der Waals surface area contributed by atoms with Crippen molar-refractivity contribution < 1.29 is 26.8 Å². The molecule has 94 valence electrons. The Morgan fingerprint density at radius 3 is 2.39 bits per heavy atom. The summed E-state index contributed by atoms with van der Waals surface area (Å²) in [6.07, 6.45) is 1.85. The normalized spacial score (nSPS) is 10.8. The van der Waals surface area contributed by atoms with E-state index in [1.807, 2.05) is 53.2 Å². The van der Waals surface area contributed by atoms with E-state index in [0.717, 1.165) is 5.56 Å². The number of pyridine rings is 1. The van der Waals surface area contributed by atoms with Gasteiger partial charge in [0, 0.05) is 11.6 Å². The Balaban J connectivity index is 0.00000162. The lowest BCUT2D eigenvalue weighted by Crippen LogP contribution is -3.00. The number of anilines is 1. The van der Waals surface area contributed by atoms with E-state index in [9.17, 15) is 0 Å². The van der Waals surface area contributed by atoms with Crippen LogP contribution in [0.5, 0.6) is 0 Å². The van der Waals surface area contributed by atoms with Crippen LogP contribution in [0.3, 0.4) is 0 Å². The van der Waals surface area contributed by atoms with E-state index < -0.39 is 0 Å². The third-order valence-corrected chi connectivity index (χ3v) is 2.52. The highest BCUT2D eigenvalue weighted by molar-refractivity contribution is 5.99. The van der Waals surface area contributed by atoms with Crippen molar-refractivity contribution >= 4 is 11.5 Å². The maximum Gasteiger partial charge on any atom is 0.272 e. The molecule has 0 spiro atoms. The summed E-state index contributed by atoms with van der Waals surface area (Å²) in [7, 11) is 0. The zero-order chi connectivity index (χ0) is 12.1. The minimum atomic E-state index is 0. The molecule has 3 N–H and O–H groups in total. The summed E-state index contributed by atoms with van der Waals surface area (Å²) in [6.45, 7) is 0.438. The second kappa shape index (κ2) is 6.76. The summed E-state index contributed by atoms with van der Waals surface area (Å²) in [6, 6.07) is 15.1. The maximum atomic E-state index is 9.07. The number of hydrogen-bond acceptors (Lipinski definition) is 3. The minimum Gasteiger partial charge on any atom is -1.00 e. The summed E-state index contributed by atoms with van der Waals surface area (Å²) in [5.41, 5.74) is 7.29. The zero-order valence-corrected chi connectivity index (χ0v) is 11.3. The Hall–Kier alpha value is -1.88. The van der Waals surface area contributed by atoms with Crippen molar-refractivity contribution in [2.24, 2.45) is 5.16 Å². The van der Waals surface area contributed by atoms with E-state index >= 15 is 0 Å². The number of oxime groups is 1. The molecule has 0 bridgehead atoms. The van der Waals surface area contributed by atoms with Crippen LogP contribution in [0.2, 0.25) is 0 Å². The molecule has 0 aliphatic rings. The van der Waals surface area contributed by atoms with Gasteiger partial charge in [-0.1, -0.05) is 41.6 Å². The molecule has 2 rings (SSSR count). The number of nitrogens with two attached hydrogens (primary N) is 1. The number of nitrogen functional groups attached to an aromatic ring is 1. The van der Waals surface area contributed by atoms with E-state index in [4.69, 9.17) is 10.9 Å². The first-order chi connectivity index (χ1) is 8.31. The lowest BCUT2D eigenvalue weighted by atomic mass is 10.1. The fraction of sp³-hybridized carbons (Fsp3) is 0.0769. The molecule has 0 amide bonds. The summed E-state index contributed by atoms with van der Waals surface area (Å²) < 4.78 is 1.82. The van der Waals surface area contributed by atoms with Crippen molar-refractivity contribution in [3.63, 3.8) is 0 Å². The van der Waals surface area contributed by atoms with Gasteiger partial charge < -0.3 is 22.2 Å². The van der Waals surface area contributed by atoms with Gasteiger partial charge in [0.05, 0.1) is 6.20 Å². The van der Waals surface area contributed by atoms with E-state index in [1.165, 1.54) is 0 Å². The van der Waals surface area contributed by atoms with Crippen LogP contribution in [0, 0.1) is 0 Å².